The lowest BCUT2D eigenvalue weighted by atomic mass is 9.76. The predicted octanol–water partition coefficient (Wildman–Crippen LogP) is 3.58. The van der Waals surface area contributed by atoms with E-state index in [0.29, 0.717) is 12.0 Å². The molecule has 1 N–H and O–H groups in total. The maximum atomic E-state index is 10.2. The van der Waals surface area contributed by atoms with Crippen LogP contribution in [0.5, 0.6) is 0 Å². The van der Waals surface area contributed by atoms with E-state index in [1.54, 1.807) is 0 Å². The average molecular weight is 264 g/mol. The van der Waals surface area contributed by atoms with Crippen LogP contribution < -0.4 is 0 Å². The Balaban J connectivity index is 1.95. The van der Waals surface area contributed by atoms with E-state index in [-0.39, 0.29) is 6.10 Å². The summed E-state index contributed by atoms with van der Waals surface area (Å²) in [6.45, 7) is 6.54. The Hall–Kier alpha value is -0.830. The molecule has 3 heteroatoms. The van der Waals surface area contributed by atoms with E-state index in [1.165, 1.54) is 25.7 Å². The summed E-state index contributed by atoms with van der Waals surface area (Å²) in [7, 11) is 0. The number of aromatic nitrogens is 2. The van der Waals surface area contributed by atoms with E-state index in [9.17, 15) is 5.11 Å². The van der Waals surface area contributed by atoms with Gasteiger partial charge in [0, 0.05) is 12.2 Å². The highest BCUT2D eigenvalue weighted by Gasteiger charge is 2.29. The number of hydrogen-bond donors (Lipinski definition) is 1. The van der Waals surface area contributed by atoms with E-state index in [1.807, 2.05) is 4.68 Å². The normalized spacial score (nSPS) is 27.9. The molecule has 3 atom stereocenters. The van der Waals surface area contributed by atoms with Crippen molar-refractivity contribution in [3.8, 4) is 0 Å². The van der Waals surface area contributed by atoms with E-state index in [4.69, 9.17) is 0 Å². The van der Waals surface area contributed by atoms with Crippen LogP contribution in [0.15, 0.2) is 12.3 Å². The monoisotopic (exact) mass is 264 g/mol. The zero-order valence-electron chi connectivity index (χ0n) is 12.5. The summed E-state index contributed by atoms with van der Waals surface area (Å²) in [5.41, 5.74) is 1.13. The van der Waals surface area contributed by atoms with Gasteiger partial charge in [-0.2, -0.15) is 5.10 Å². The Bertz CT molecular complexity index is 386. The quantitative estimate of drug-likeness (QED) is 0.882. The second-order valence-electron chi connectivity index (χ2n) is 6.38. The summed E-state index contributed by atoms with van der Waals surface area (Å²) in [6, 6.07) is 2.52. The van der Waals surface area contributed by atoms with Crippen LogP contribution in [0.4, 0.5) is 0 Å². The first-order valence-corrected chi connectivity index (χ1v) is 7.82. The maximum absolute atomic E-state index is 10.2. The van der Waals surface area contributed by atoms with Gasteiger partial charge in [0.25, 0.3) is 0 Å². The average Bonchev–Trinajstić information content (AvgIpc) is 2.82. The molecule has 1 heterocycles. The lowest BCUT2D eigenvalue weighted by Crippen LogP contribution is -2.30. The standard InChI is InChI=1S/C16H28N2O/c1-4-5-13-6-7-16(19)14(10-13)11-15-8-9-18(17-15)12(2)3/h8-9,12-14,16,19H,4-7,10-11H2,1-3H3. The number of hydrogen-bond acceptors (Lipinski definition) is 2. The van der Waals surface area contributed by atoms with Gasteiger partial charge >= 0.3 is 0 Å². The van der Waals surface area contributed by atoms with Crippen molar-refractivity contribution in [2.75, 3.05) is 0 Å². The Morgan fingerprint density at radius 3 is 2.84 bits per heavy atom. The van der Waals surface area contributed by atoms with Crippen molar-refractivity contribution in [1.82, 2.24) is 9.78 Å². The molecule has 1 aromatic heterocycles. The fraction of sp³-hybridized carbons (Fsp3) is 0.812. The molecule has 1 fully saturated rings. The molecular weight excluding hydrogens is 236 g/mol. The van der Waals surface area contributed by atoms with Crippen molar-refractivity contribution in [2.45, 2.75) is 71.4 Å². The van der Waals surface area contributed by atoms with Gasteiger partial charge in [-0.1, -0.05) is 19.8 Å². The van der Waals surface area contributed by atoms with Crippen LogP contribution in [0, 0.1) is 11.8 Å². The van der Waals surface area contributed by atoms with Gasteiger partial charge in [0.05, 0.1) is 11.8 Å². The molecule has 0 aromatic carbocycles. The summed E-state index contributed by atoms with van der Waals surface area (Å²) < 4.78 is 2.01. The molecule has 3 nitrogen and oxygen atoms in total. The van der Waals surface area contributed by atoms with Gasteiger partial charge in [-0.05, 0) is 57.4 Å². The molecule has 0 radical (unpaired) electrons. The largest absolute Gasteiger partial charge is 0.393 e. The first kappa shape index (κ1) is 14.6. The molecule has 1 aliphatic rings. The fourth-order valence-corrected chi connectivity index (χ4v) is 3.28. The molecule has 1 aliphatic carbocycles. The van der Waals surface area contributed by atoms with Crippen LogP contribution >= 0.6 is 0 Å². The summed E-state index contributed by atoms with van der Waals surface area (Å²) in [6.07, 6.45) is 8.77. The Kier molecular flexibility index (Phi) is 5.03. The highest BCUT2D eigenvalue weighted by atomic mass is 16.3. The smallest absolute Gasteiger partial charge is 0.0628 e. The molecule has 1 saturated carbocycles. The summed E-state index contributed by atoms with van der Waals surface area (Å²) in [5, 5.41) is 14.8. The minimum absolute atomic E-state index is 0.127. The summed E-state index contributed by atoms with van der Waals surface area (Å²) in [5.74, 6) is 1.21. The van der Waals surface area contributed by atoms with Crippen LogP contribution in [-0.2, 0) is 6.42 Å². The molecule has 19 heavy (non-hydrogen) atoms. The minimum Gasteiger partial charge on any atom is -0.393 e. The van der Waals surface area contributed by atoms with Crippen molar-refractivity contribution < 1.29 is 5.11 Å². The van der Waals surface area contributed by atoms with Gasteiger partial charge < -0.3 is 5.11 Å². The molecule has 0 amide bonds. The number of nitrogens with zero attached hydrogens (tertiary/aromatic N) is 2. The molecule has 0 bridgehead atoms. The van der Waals surface area contributed by atoms with Gasteiger partial charge in [0.2, 0.25) is 0 Å². The first-order valence-electron chi connectivity index (χ1n) is 7.82. The van der Waals surface area contributed by atoms with Gasteiger partial charge in [-0.25, -0.2) is 0 Å². The third-order valence-corrected chi connectivity index (χ3v) is 4.41. The van der Waals surface area contributed by atoms with Crippen molar-refractivity contribution >= 4 is 0 Å². The third-order valence-electron chi connectivity index (χ3n) is 4.41. The van der Waals surface area contributed by atoms with Gasteiger partial charge in [-0.15, -0.1) is 0 Å². The van der Waals surface area contributed by atoms with E-state index in [2.05, 4.69) is 38.1 Å². The minimum atomic E-state index is -0.127. The van der Waals surface area contributed by atoms with Crippen molar-refractivity contribution in [3.63, 3.8) is 0 Å². The SMILES string of the molecule is CCCC1CCC(O)C(Cc2ccn(C(C)C)n2)C1. The Labute approximate surface area is 117 Å². The molecule has 108 valence electrons. The van der Waals surface area contributed by atoms with Crippen LogP contribution in [-0.4, -0.2) is 21.0 Å². The third kappa shape index (κ3) is 3.82. The number of aliphatic hydroxyl groups is 1. The van der Waals surface area contributed by atoms with Crippen molar-refractivity contribution in [1.29, 1.82) is 0 Å². The molecule has 0 saturated heterocycles. The molecule has 0 spiro atoms. The van der Waals surface area contributed by atoms with Crippen LogP contribution in [0.2, 0.25) is 0 Å². The van der Waals surface area contributed by atoms with Gasteiger partial charge in [0.15, 0.2) is 0 Å². The maximum Gasteiger partial charge on any atom is 0.0628 e. The second-order valence-corrected chi connectivity index (χ2v) is 6.38. The lowest BCUT2D eigenvalue weighted by molar-refractivity contribution is 0.0457. The fourth-order valence-electron chi connectivity index (χ4n) is 3.28. The van der Waals surface area contributed by atoms with Crippen LogP contribution in [0.1, 0.15) is 64.6 Å². The first-order chi connectivity index (χ1) is 9.10. The van der Waals surface area contributed by atoms with E-state index < -0.39 is 0 Å². The lowest BCUT2D eigenvalue weighted by Gasteiger charge is -2.33. The highest BCUT2D eigenvalue weighted by molar-refractivity contribution is 5.02. The zero-order valence-corrected chi connectivity index (χ0v) is 12.5. The molecule has 1 aromatic rings. The van der Waals surface area contributed by atoms with E-state index in [0.717, 1.165) is 24.5 Å². The summed E-state index contributed by atoms with van der Waals surface area (Å²) >= 11 is 0. The zero-order chi connectivity index (χ0) is 13.8. The predicted molar refractivity (Wildman–Crippen MR) is 78.1 cm³/mol. The number of rotatable bonds is 5. The Morgan fingerprint density at radius 1 is 1.42 bits per heavy atom. The van der Waals surface area contributed by atoms with Crippen LogP contribution in [0.3, 0.4) is 0 Å². The molecular formula is C16H28N2O. The Morgan fingerprint density at radius 2 is 2.21 bits per heavy atom. The van der Waals surface area contributed by atoms with Gasteiger partial charge in [0.1, 0.15) is 0 Å². The molecule has 0 aliphatic heterocycles. The van der Waals surface area contributed by atoms with E-state index >= 15 is 0 Å². The van der Waals surface area contributed by atoms with Crippen molar-refractivity contribution in [3.05, 3.63) is 18.0 Å². The number of aliphatic hydroxyl groups excluding tert-OH is 1. The van der Waals surface area contributed by atoms with Gasteiger partial charge in [-0.3, -0.25) is 4.68 Å². The topological polar surface area (TPSA) is 38.0 Å². The van der Waals surface area contributed by atoms with Crippen molar-refractivity contribution in [2.24, 2.45) is 11.8 Å². The highest BCUT2D eigenvalue weighted by Crippen LogP contribution is 2.33. The molecule has 3 unspecified atom stereocenters. The second kappa shape index (κ2) is 6.56. The van der Waals surface area contributed by atoms with Crippen LogP contribution in [0.25, 0.3) is 0 Å². The molecule has 2 rings (SSSR count). The summed E-state index contributed by atoms with van der Waals surface area (Å²) in [4.78, 5) is 0.